The van der Waals surface area contributed by atoms with Gasteiger partial charge in [0.1, 0.15) is 4.90 Å². The van der Waals surface area contributed by atoms with Crippen LogP contribution < -0.4 is 10.0 Å². The number of unbranched alkanes of at least 4 members (excludes halogenated alkanes) is 2. The normalized spacial score (nSPS) is 11.8. The van der Waals surface area contributed by atoms with Crippen LogP contribution in [0.15, 0.2) is 29.2 Å². The first-order chi connectivity index (χ1) is 8.97. The van der Waals surface area contributed by atoms with E-state index in [0.29, 0.717) is 10.6 Å². The molecule has 1 rings (SSSR count). The number of rotatable bonds is 8. The predicted molar refractivity (Wildman–Crippen MR) is 79.9 cm³/mol. The third-order valence-electron chi connectivity index (χ3n) is 2.66. The summed E-state index contributed by atoms with van der Waals surface area (Å²) in [4.78, 5) is 0.320. The second-order valence-corrected chi connectivity index (χ2v) is 6.59. The van der Waals surface area contributed by atoms with Gasteiger partial charge in [-0.25, -0.2) is 13.1 Å². The van der Waals surface area contributed by atoms with Crippen LogP contribution >= 0.6 is 0 Å². The number of anilines is 1. The maximum atomic E-state index is 12.2. The third kappa shape index (κ3) is 5.20. The van der Waals surface area contributed by atoms with E-state index >= 15 is 0 Å². The number of nitrogens with one attached hydrogen (secondary N) is 2. The van der Waals surface area contributed by atoms with Crippen LogP contribution in [0.2, 0.25) is 0 Å². The van der Waals surface area contributed by atoms with Crippen molar-refractivity contribution in [2.45, 2.75) is 51.0 Å². The Bertz CT molecular complexity index is 484. The molecular weight excluding hydrogens is 260 g/mol. The molecule has 0 radical (unpaired) electrons. The fourth-order valence-corrected chi connectivity index (χ4v) is 3.25. The second-order valence-electron chi connectivity index (χ2n) is 4.91. The highest BCUT2D eigenvalue weighted by Gasteiger charge is 2.18. The average molecular weight is 284 g/mol. The average Bonchev–Trinajstić information content (AvgIpc) is 2.33. The summed E-state index contributed by atoms with van der Waals surface area (Å²) in [5, 5.41) is 3.21. The molecule has 4 nitrogen and oxygen atoms in total. The van der Waals surface area contributed by atoms with Gasteiger partial charge >= 0.3 is 0 Å². The maximum absolute atomic E-state index is 12.2. The number of benzene rings is 1. The summed E-state index contributed by atoms with van der Waals surface area (Å²) in [6.07, 6.45) is 3.34. The van der Waals surface area contributed by atoms with Gasteiger partial charge in [0.2, 0.25) is 10.0 Å². The molecule has 0 fully saturated rings. The van der Waals surface area contributed by atoms with Crippen molar-refractivity contribution in [2.24, 2.45) is 0 Å². The topological polar surface area (TPSA) is 58.2 Å². The summed E-state index contributed by atoms with van der Waals surface area (Å²) in [6, 6.07) is 6.91. The van der Waals surface area contributed by atoms with Crippen LogP contribution in [0.1, 0.15) is 40.0 Å². The lowest BCUT2D eigenvalue weighted by Gasteiger charge is -2.14. The standard InChI is InChI=1S/C14H24N2O2S/c1-4-5-8-11-15-13-9-6-7-10-14(13)19(17,18)16-12(2)3/h6-7,9-10,12,15-16H,4-5,8,11H2,1-3H3. The van der Waals surface area contributed by atoms with E-state index in [9.17, 15) is 8.42 Å². The van der Waals surface area contributed by atoms with E-state index in [1.807, 2.05) is 19.9 Å². The van der Waals surface area contributed by atoms with Crippen molar-refractivity contribution >= 4 is 15.7 Å². The smallest absolute Gasteiger partial charge is 0.242 e. The largest absolute Gasteiger partial charge is 0.384 e. The zero-order valence-corrected chi connectivity index (χ0v) is 12.8. The lowest BCUT2D eigenvalue weighted by atomic mass is 10.2. The van der Waals surface area contributed by atoms with Crippen molar-refractivity contribution in [1.29, 1.82) is 0 Å². The molecule has 0 aliphatic rings. The molecule has 0 spiro atoms. The Hall–Kier alpha value is -1.07. The zero-order valence-electron chi connectivity index (χ0n) is 11.9. The van der Waals surface area contributed by atoms with Gasteiger partial charge in [-0.2, -0.15) is 0 Å². The van der Waals surface area contributed by atoms with E-state index < -0.39 is 10.0 Å². The molecular formula is C14H24N2O2S. The van der Waals surface area contributed by atoms with Crippen molar-refractivity contribution in [2.75, 3.05) is 11.9 Å². The van der Waals surface area contributed by atoms with Crippen LogP contribution in [0.5, 0.6) is 0 Å². The lowest BCUT2D eigenvalue weighted by Crippen LogP contribution is -2.30. The highest BCUT2D eigenvalue weighted by molar-refractivity contribution is 7.89. The van der Waals surface area contributed by atoms with Crippen LogP contribution in [0.25, 0.3) is 0 Å². The first-order valence-corrected chi connectivity index (χ1v) is 8.31. The summed E-state index contributed by atoms with van der Waals surface area (Å²) < 4.78 is 27.0. The lowest BCUT2D eigenvalue weighted by molar-refractivity contribution is 0.570. The SMILES string of the molecule is CCCCCNc1ccccc1S(=O)(=O)NC(C)C. The molecule has 2 N–H and O–H groups in total. The van der Waals surface area contributed by atoms with Crippen molar-refractivity contribution in [1.82, 2.24) is 4.72 Å². The monoisotopic (exact) mass is 284 g/mol. The molecule has 0 aliphatic carbocycles. The predicted octanol–water partition coefficient (Wildman–Crippen LogP) is 2.98. The van der Waals surface area contributed by atoms with Crippen molar-refractivity contribution in [3.05, 3.63) is 24.3 Å². The van der Waals surface area contributed by atoms with Crippen LogP contribution in [0, 0.1) is 0 Å². The van der Waals surface area contributed by atoms with Crippen LogP contribution in [0.4, 0.5) is 5.69 Å². The Kier molecular flexibility index (Phi) is 6.31. The third-order valence-corrected chi connectivity index (χ3v) is 4.38. The van der Waals surface area contributed by atoms with Crippen LogP contribution in [-0.2, 0) is 10.0 Å². The molecule has 19 heavy (non-hydrogen) atoms. The van der Waals surface area contributed by atoms with Gasteiger partial charge in [0, 0.05) is 12.6 Å². The fourth-order valence-electron chi connectivity index (χ4n) is 1.82. The number of para-hydroxylation sites is 1. The van der Waals surface area contributed by atoms with Gasteiger partial charge in [-0.1, -0.05) is 31.9 Å². The molecule has 0 saturated heterocycles. The van der Waals surface area contributed by atoms with Crippen molar-refractivity contribution < 1.29 is 8.42 Å². The summed E-state index contributed by atoms with van der Waals surface area (Å²) in [5.74, 6) is 0. The van der Waals surface area contributed by atoms with Crippen molar-refractivity contribution in [3.63, 3.8) is 0 Å². The first-order valence-electron chi connectivity index (χ1n) is 6.82. The number of hydrogen-bond acceptors (Lipinski definition) is 3. The van der Waals surface area contributed by atoms with E-state index in [4.69, 9.17) is 0 Å². The van der Waals surface area contributed by atoms with Crippen molar-refractivity contribution in [3.8, 4) is 0 Å². The minimum Gasteiger partial charge on any atom is -0.384 e. The Morgan fingerprint density at radius 3 is 2.47 bits per heavy atom. The minimum atomic E-state index is -3.45. The Labute approximate surface area is 116 Å². The fraction of sp³-hybridized carbons (Fsp3) is 0.571. The molecule has 0 unspecified atom stereocenters. The molecule has 0 aliphatic heterocycles. The van der Waals surface area contributed by atoms with Crippen LogP contribution in [0.3, 0.4) is 0 Å². The van der Waals surface area contributed by atoms with Gasteiger partial charge in [0.05, 0.1) is 5.69 Å². The molecule has 0 heterocycles. The summed E-state index contributed by atoms with van der Waals surface area (Å²) in [6.45, 7) is 6.57. The van der Waals surface area contributed by atoms with Crippen LogP contribution in [-0.4, -0.2) is 21.0 Å². The Balaban J connectivity index is 2.83. The number of hydrogen-bond donors (Lipinski definition) is 2. The molecule has 5 heteroatoms. The molecule has 0 aromatic heterocycles. The van der Waals surface area contributed by atoms with E-state index in [0.717, 1.165) is 25.8 Å². The van der Waals surface area contributed by atoms with E-state index in [1.54, 1.807) is 18.2 Å². The Morgan fingerprint density at radius 1 is 1.16 bits per heavy atom. The molecule has 1 aromatic carbocycles. The zero-order chi connectivity index (χ0) is 14.3. The second kappa shape index (κ2) is 7.50. The molecule has 0 bridgehead atoms. The minimum absolute atomic E-state index is 0.113. The number of sulfonamides is 1. The maximum Gasteiger partial charge on any atom is 0.242 e. The van der Waals surface area contributed by atoms with Gasteiger partial charge in [-0.3, -0.25) is 0 Å². The molecule has 1 aromatic rings. The van der Waals surface area contributed by atoms with E-state index in [1.165, 1.54) is 0 Å². The Morgan fingerprint density at radius 2 is 1.84 bits per heavy atom. The summed E-state index contributed by atoms with van der Waals surface area (Å²) in [5.41, 5.74) is 0.673. The highest BCUT2D eigenvalue weighted by atomic mass is 32.2. The van der Waals surface area contributed by atoms with Gasteiger partial charge in [-0.15, -0.1) is 0 Å². The van der Waals surface area contributed by atoms with Gasteiger partial charge in [0.25, 0.3) is 0 Å². The summed E-state index contributed by atoms with van der Waals surface area (Å²) >= 11 is 0. The van der Waals surface area contributed by atoms with E-state index in [-0.39, 0.29) is 6.04 Å². The quantitative estimate of drug-likeness (QED) is 0.722. The summed E-state index contributed by atoms with van der Waals surface area (Å²) in [7, 11) is -3.45. The van der Waals surface area contributed by atoms with E-state index in [2.05, 4.69) is 17.0 Å². The van der Waals surface area contributed by atoms with Gasteiger partial charge in [0.15, 0.2) is 0 Å². The molecule has 0 atom stereocenters. The highest BCUT2D eigenvalue weighted by Crippen LogP contribution is 2.21. The van der Waals surface area contributed by atoms with Gasteiger partial charge < -0.3 is 5.32 Å². The van der Waals surface area contributed by atoms with Gasteiger partial charge in [-0.05, 0) is 32.4 Å². The molecule has 108 valence electrons. The molecule has 0 amide bonds. The molecule has 0 saturated carbocycles. The first kappa shape index (κ1) is 16.0.